The highest BCUT2D eigenvalue weighted by Crippen LogP contribution is 2.00. The molecule has 0 aliphatic rings. The topological polar surface area (TPSA) is 89.3 Å². The lowest BCUT2D eigenvalue weighted by atomic mass is 10.2. The van der Waals surface area contributed by atoms with Crippen molar-refractivity contribution in [1.82, 2.24) is 10.4 Å². The van der Waals surface area contributed by atoms with Gasteiger partial charge >= 0.3 is 0 Å². The average molecular weight is 179 g/mol. The minimum atomic E-state index is 0.223. The second-order valence-corrected chi connectivity index (χ2v) is 2.65. The van der Waals surface area contributed by atoms with Crippen molar-refractivity contribution in [3.8, 4) is 0 Å². The summed E-state index contributed by atoms with van der Waals surface area (Å²) < 4.78 is 0. The van der Waals surface area contributed by atoms with Crippen LogP contribution in [0.5, 0.6) is 0 Å². The molecule has 0 atom stereocenters. The smallest absolute Gasteiger partial charge is 0.203 e. The van der Waals surface area contributed by atoms with E-state index in [1.165, 1.54) is 0 Å². The van der Waals surface area contributed by atoms with E-state index in [-0.39, 0.29) is 5.96 Å². The summed E-state index contributed by atoms with van der Waals surface area (Å²) in [6.45, 7) is 2.42. The Bertz CT molecular complexity index is 290. The molecule has 70 valence electrons. The van der Waals surface area contributed by atoms with Gasteiger partial charge in [-0.3, -0.25) is 10.4 Å². The van der Waals surface area contributed by atoms with Gasteiger partial charge in [-0.05, 0) is 18.6 Å². The highest BCUT2D eigenvalue weighted by Gasteiger charge is 1.91. The summed E-state index contributed by atoms with van der Waals surface area (Å²) in [4.78, 5) is 8.08. The lowest BCUT2D eigenvalue weighted by Gasteiger charge is -1.99. The van der Waals surface area contributed by atoms with Crippen LogP contribution in [0.2, 0.25) is 0 Å². The van der Waals surface area contributed by atoms with Gasteiger partial charge in [-0.15, -0.1) is 0 Å². The van der Waals surface area contributed by atoms with Crippen LogP contribution in [-0.2, 0) is 6.54 Å². The standard InChI is InChI=1S/C8H13N5/c1-6-2-3-7(4-11-6)5-12-8(9)13-10/h2-4H,5,10H2,1H3,(H3,9,12,13). The minimum absolute atomic E-state index is 0.223. The molecule has 13 heavy (non-hydrogen) atoms. The number of rotatable bonds is 2. The Hall–Kier alpha value is -1.62. The zero-order valence-electron chi connectivity index (χ0n) is 7.49. The van der Waals surface area contributed by atoms with Gasteiger partial charge in [0, 0.05) is 11.9 Å². The van der Waals surface area contributed by atoms with E-state index in [0.717, 1.165) is 11.3 Å². The zero-order valence-corrected chi connectivity index (χ0v) is 7.49. The molecule has 0 radical (unpaired) electrons. The fourth-order valence-corrected chi connectivity index (χ4v) is 0.814. The van der Waals surface area contributed by atoms with E-state index in [4.69, 9.17) is 11.6 Å². The van der Waals surface area contributed by atoms with Crippen molar-refractivity contribution in [2.75, 3.05) is 0 Å². The molecule has 0 aromatic carbocycles. The number of nitrogens with one attached hydrogen (secondary N) is 1. The highest BCUT2D eigenvalue weighted by molar-refractivity contribution is 5.77. The molecule has 0 fully saturated rings. The van der Waals surface area contributed by atoms with E-state index in [0.29, 0.717) is 6.54 Å². The van der Waals surface area contributed by atoms with Crippen LogP contribution in [0.3, 0.4) is 0 Å². The summed E-state index contributed by atoms with van der Waals surface area (Å²) in [5.41, 5.74) is 9.59. The maximum Gasteiger partial charge on any atom is 0.203 e. The Labute approximate surface area is 76.8 Å². The molecule has 1 aromatic rings. The average Bonchev–Trinajstić information content (AvgIpc) is 2.16. The Morgan fingerprint density at radius 1 is 1.62 bits per heavy atom. The first-order chi connectivity index (χ1) is 6.22. The number of aliphatic imine (C=N–C) groups is 1. The largest absolute Gasteiger partial charge is 0.369 e. The SMILES string of the molecule is Cc1ccc(CN=C(N)NN)cn1. The molecule has 0 bridgehead atoms. The molecule has 0 unspecified atom stereocenters. The lowest BCUT2D eigenvalue weighted by molar-refractivity contribution is 0.951. The summed E-state index contributed by atoms with van der Waals surface area (Å²) in [5.74, 6) is 5.26. The van der Waals surface area contributed by atoms with Gasteiger partial charge in [0.2, 0.25) is 5.96 Å². The third kappa shape index (κ3) is 3.08. The molecule has 5 N–H and O–H groups in total. The van der Waals surface area contributed by atoms with Crippen LogP contribution in [0, 0.1) is 6.92 Å². The maximum absolute atomic E-state index is 5.34. The first-order valence-corrected chi connectivity index (χ1v) is 3.90. The van der Waals surface area contributed by atoms with Gasteiger partial charge in [-0.2, -0.15) is 0 Å². The molecule has 1 rings (SSSR count). The van der Waals surface area contributed by atoms with Crippen LogP contribution in [0.4, 0.5) is 0 Å². The van der Waals surface area contributed by atoms with Crippen LogP contribution in [0.15, 0.2) is 23.3 Å². The summed E-state index contributed by atoms with van der Waals surface area (Å²) in [7, 11) is 0. The number of pyridine rings is 1. The number of hydrogen-bond donors (Lipinski definition) is 3. The van der Waals surface area contributed by atoms with E-state index in [2.05, 4.69) is 15.4 Å². The fraction of sp³-hybridized carbons (Fsp3) is 0.250. The number of hydrazine groups is 1. The summed E-state index contributed by atoms with van der Waals surface area (Å²) in [6.07, 6.45) is 1.77. The highest BCUT2D eigenvalue weighted by atomic mass is 15.3. The first-order valence-electron chi connectivity index (χ1n) is 3.90. The predicted octanol–water partition coefficient (Wildman–Crippen LogP) is -0.332. The number of nitrogens with zero attached hydrogens (tertiary/aromatic N) is 2. The summed E-state index contributed by atoms with van der Waals surface area (Å²) in [5, 5.41) is 0. The van der Waals surface area contributed by atoms with Crippen LogP contribution < -0.4 is 17.0 Å². The van der Waals surface area contributed by atoms with Crippen LogP contribution >= 0.6 is 0 Å². The van der Waals surface area contributed by atoms with E-state index in [9.17, 15) is 0 Å². The van der Waals surface area contributed by atoms with Crippen molar-refractivity contribution in [2.24, 2.45) is 16.6 Å². The van der Waals surface area contributed by atoms with Crippen molar-refractivity contribution in [1.29, 1.82) is 0 Å². The predicted molar refractivity (Wildman–Crippen MR) is 51.6 cm³/mol. The Balaban J connectivity index is 2.60. The molecular formula is C8H13N5. The van der Waals surface area contributed by atoms with Crippen molar-refractivity contribution in [2.45, 2.75) is 13.5 Å². The monoisotopic (exact) mass is 179 g/mol. The number of guanidine groups is 1. The second kappa shape index (κ2) is 4.42. The fourth-order valence-electron chi connectivity index (χ4n) is 0.814. The zero-order chi connectivity index (χ0) is 9.68. The molecule has 1 aromatic heterocycles. The number of hydrogen-bond acceptors (Lipinski definition) is 3. The number of aromatic nitrogens is 1. The van der Waals surface area contributed by atoms with Gasteiger partial charge < -0.3 is 5.73 Å². The molecule has 5 heteroatoms. The molecule has 5 nitrogen and oxygen atoms in total. The third-order valence-corrected chi connectivity index (χ3v) is 1.55. The van der Waals surface area contributed by atoms with Gasteiger partial charge in [0.25, 0.3) is 0 Å². The molecule has 0 spiro atoms. The minimum Gasteiger partial charge on any atom is -0.369 e. The van der Waals surface area contributed by atoms with Gasteiger partial charge in [-0.1, -0.05) is 6.07 Å². The maximum atomic E-state index is 5.34. The molecule has 0 aliphatic carbocycles. The number of nitrogens with two attached hydrogens (primary N) is 2. The van der Waals surface area contributed by atoms with Gasteiger partial charge in [0.1, 0.15) is 0 Å². The second-order valence-electron chi connectivity index (χ2n) is 2.65. The van der Waals surface area contributed by atoms with E-state index in [1.54, 1.807) is 6.20 Å². The number of aryl methyl sites for hydroxylation is 1. The lowest BCUT2D eigenvalue weighted by Crippen LogP contribution is -2.37. The van der Waals surface area contributed by atoms with E-state index < -0.39 is 0 Å². The van der Waals surface area contributed by atoms with Crippen molar-refractivity contribution < 1.29 is 0 Å². The molecule has 0 aliphatic heterocycles. The third-order valence-electron chi connectivity index (χ3n) is 1.55. The van der Waals surface area contributed by atoms with Gasteiger partial charge in [0.05, 0.1) is 6.54 Å². The Kier molecular flexibility index (Phi) is 3.22. The first kappa shape index (κ1) is 9.47. The van der Waals surface area contributed by atoms with Gasteiger partial charge in [-0.25, -0.2) is 10.8 Å². The molecule has 0 amide bonds. The van der Waals surface area contributed by atoms with Crippen molar-refractivity contribution in [3.63, 3.8) is 0 Å². The molecular weight excluding hydrogens is 166 g/mol. The summed E-state index contributed by atoms with van der Waals surface area (Å²) >= 11 is 0. The molecule has 0 saturated heterocycles. The Morgan fingerprint density at radius 2 is 2.38 bits per heavy atom. The quantitative estimate of drug-likeness (QED) is 0.251. The van der Waals surface area contributed by atoms with Crippen molar-refractivity contribution in [3.05, 3.63) is 29.6 Å². The van der Waals surface area contributed by atoms with Crippen LogP contribution in [0.25, 0.3) is 0 Å². The van der Waals surface area contributed by atoms with Crippen molar-refractivity contribution >= 4 is 5.96 Å². The molecule has 0 saturated carbocycles. The Morgan fingerprint density at radius 3 is 2.92 bits per heavy atom. The molecule has 1 heterocycles. The van der Waals surface area contributed by atoms with Crippen LogP contribution in [-0.4, -0.2) is 10.9 Å². The van der Waals surface area contributed by atoms with E-state index >= 15 is 0 Å². The van der Waals surface area contributed by atoms with Gasteiger partial charge in [0.15, 0.2) is 0 Å². The normalized spacial score (nSPS) is 11.4. The van der Waals surface area contributed by atoms with Crippen LogP contribution in [0.1, 0.15) is 11.3 Å². The van der Waals surface area contributed by atoms with E-state index in [1.807, 2.05) is 19.1 Å². The summed E-state index contributed by atoms with van der Waals surface area (Å²) in [6, 6.07) is 3.88.